The third-order valence-corrected chi connectivity index (χ3v) is 8.53. The van der Waals surface area contributed by atoms with E-state index in [2.05, 4.69) is 10.1 Å². The number of ether oxygens (including phenoxy) is 3. The van der Waals surface area contributed by atoms with Crippen LogP contribution in [0.3, 0.4) is 0 Å². The van der Waals surface area contributed by atoms with Crippen molar-refractivity contribution in [3.63, 3.8) is 0 Å². The number of carbonyl (C=O) groups is 1. The maximum absolute atomic E-state index is 13.8. The molecule has 37 heavy (non-hydrogen) atoms. The second-order valence-corrected chi connectivity index (χ2v) is 10.6. The third-order valence-electron chi connectivity index (χ3n) is 6.51. The van der Waals surface area contributed by atoms with Crippen LogP contribution in [0.15, 0.2) is 51.9 Å². The summed E-state index contributed by atoms with van der Waals surface area (Å²) >= 11 is 0. The molecule has 11 nitrogen and oxygen atoms in total. The molecule has 1 fully saturated rings. The SMILES string of the molecule is COc1ccc(N2CCN(C(=O)CN(c3ccc4c(c3)OCO4)S(=O)(=O)c3c(C)noc3C)CC2)cc1. The highest BCUT2D eigenvalue weighted by Gasteiger charge is 2.35. The molecule has 2 aliphatic rings. The fraction of sp³-hybridized carbons (Fsp3) is 0.360. The quantitative estimate of drug-likeness (QED) is 0.456. The zero-order valence-electron chi connectivity index (χ0n) is 20.8. The summed E-state index contributed by atoms with van der Waals surface area (Å²) in [5.41, 5.74) is 1.55. The van der Waals surface area contributed by atoms with Crippen molar-refractivity contribution in [3.8, 4) is 17.2 Å². The minimum absolute atomic E-state index is 0.0484. The highest BCUT2D eigenvalue weighted by molar-refractivity contribution is 7.93. The van der Waals surface area contributed by atoms with Gasteiger partial charge in [-0.3, -0.25) is 9.10 Å². The number of anilines is 2. The van der Waals surface area contributed by atoms with Crippen molar-refractivity contribution in [3.05, 3.63) is 53.9 Å². The molecule has 1 saturated heterocycles. The molecule has 12 heteroatoms. The van der Waals surface area contributed by atoms with Crippen molar-refractivity contribution < 1.29 is 31.9 Å². The van der Waals surface area contributed by atoms with Gasteiger partial charge in [0.1, 0.15) is 18.0 Å². The number of hydrogen-bond donors (Lipinski definition) is 0. The van der Waals surface area contributed by atoms with Crippen molar-refractivity contribution in [2.45, 2.75) is 18.7 Å². The summed E-state index contributed by atoms with van der Waals surface area (Å²) in [6.45, 7) is 4.93. The Labute approximate surface area is 215 Å². The Morgan fingerprint density at radius 3 is 2.38 bits per heavy atom. The number of sulfonamides is 1. The Morgan fingerprint density at radius 1 is 1.03 bits per heavy atom. The summed E-state index contributed by atoms with van der Waals surface area (Å²) in [5, 5.41) is 3.80. The van der Waals surface area contributed by atoms with E-state index in [4.69, 9.17) is 18.7 Å². The summed E-state index contributed by atoms with van der Waals surface area (Å²) in [6.07, 6.45) is 0. The Bertz CT molecular complexity index is 1380. The lowest BCUT2D eigenvalue weighted by atomic mass is 10.2. The van der Waals surface area contributed by atoms with Gasteiger partial charge < -0.3 is 28.5 Å². The number of piperazine rings is 1. The second kappa shape index (κ2) is 9.85. The minimum atomic E-state index is -4.17. The van der Waals surface area contributed by atoms with E-state index in [1.807, 2.05) is 24.3 Å². The maximum atomic E-state index is 13.8. The second-order valence-electron chi connectivity index (χ2n) is 8.77. The van der Waals surface area contributed by atoms with E-state index < -0.39 is 10.0 Å². The first kappa shape index (κ1) is 24.8. The maximum Gasteiger partial charge on any atom is 0.270 e. The first-order valence-electron chi connectivity index (χ1n) is 11.8. The number of hydrogen-bond acceptors (Lipinski definition) is 9. The third kappa shape index (κ3) is 4.76. The first-order valence-corrected chi connectivity index (χ1v) is 13.2. The van der Waals surface area contributed by atoms with Gasteiger partial charge in [0.05, 0.1) is 12.8 Å². The molecule has 1 aromatic heterocycles. The molecule has 2 aromatic carbocycles. The van der Waals surface area contributed by atoms with E-state index in [9.17, 15) is 13.2 Å². The standard InChI is InChI=1S/C25H28N4O7S/c1-17-25(18(2)36-26-17)37(31,32)29(20-6-9-22-23(14-20)35-16-34-22)15-24(30)28-12-10-27(11-13-28)19-4-7-21(33-3)8-5-19/h4-9,14H,10-13,15-16H2,1-3H3. The lowest BCUT2D eigenvalue weighted by Gasteiger charge is -2.37. The average molecular weight is 529 g/mol. The summed E-state index contributed by atoms with van der Waals surface area (Å²) < 4.78 is 49.9. The molecule has 3 heterocycles. The van der Waals surface area contributed by atoms with Crippen LogP contribution in [0.4, 0.5) is 11.4 Å². The predicted octanol–water partition coefficient (Wildman–Crippen LogP) is 2.57. The minimum Gasteiger partial charge on any atom is -0.497 e. The van der Waals surface area contributed by atoms with Crippen LogP contribution < -0.4 is 23.4 Å². The topological polar surface area (TPSA) is 115 Å². The van der Waals surface area contributed by atoms with Crippen LogP contribution in [-0.2, 0) is 14.8 Å². The van der Waals surface area contributed by atoms with Crippen LogP contribution in [-0.4, -0.2) is 71.0 Å². The van der Waals surface area contributed by atoms with Gasteiger partial charge in [0.25, 0.3) is 10.0 Å². The van der Waals surface area contributed by atoms with Crippen LogP contribution >= 0.6 is 0 Å². The zero-order valence-corrected chi connectivity index (χ0v) is 21.7. The number of benzene rings is 2. The first-order chi connectivity index (χ1) is 17.8. The van der Waals surface area contributed by atoms with Crippen LogP contribution in [0.1, 0.15) is 11.5 Å². The average Bonchev–Trinajstić information content (AvgIpc) is 3.52. The smallest absolute Gasteiger partial charge is 0.270 e. The molecule has 3 aromatic rings. The molecule has 5 rings (SSSR count). The molecule has 1 amide bonds. The monoisotopic (exact) mass is 528 g/mol. The van der Waals surface area contributed by atoms with Gasteiger partial charge in [0.15, 0.2) is 22.2 Å². The van der Waals surface area contributed by atoms with E-state index >= 15 is 0 Å². The molecule has 0 aliphatic carbocycles. The Hall–Kier alpha value is -3.93. The fourth-order valence-electron chi connectivity index (χ4n) is 4.54. The number of carbonyl (C=O) groups excluding carboxylic acids is 1. The van der Waals surface area contributed by atoms with Gasteiger partial charge in [0, 0.05) is 37.9 Å². The number of methoxy groups -OCH3 is 1. The number of aromatic nitrogens is 1. The van der Waals surface area contributed by atoms with Gasteiger partial charge in [-0.2, -0.15) is 0 Å². The number of aryl methyl sites for hydroxylation is 2. The number of amides is 1. The Balaban J connectivity index is 1.37. The highest BCUT2D eigenvalue weighted by Crippen LogP contribution is 2.37. The van der Waals surface area contributed by atoms with Gasteiger partial charge in [-0.25, -0.2) is 8.42 Å². The van der Waals surface area contributed by atoms with E-state index in [-0.39, 0.29) is 41.3 Å². The number of fused-ring (bicyclic) bond motifs is 1. The summed E-state index contributed by atoms with van der Waals surface area (Å²) in [7, 11) is -2.55. The van der Waals surface area contributed by atoms with Crippen LogP contribution in [0.2, 0.25) is 0 Å². The van der Waals surface area contributed by atoms with Gasteiger partial charge in [-0.05, 0) is 50.2 Å². The van der Waals surface area contributed by atoms with Gasteiger partial charge >= 0.3 is 0 Å². The van der Waals surface area contributed by atoms with E-state index in [0.717, 1.165) is 15.7 Å². The van der Waals surface area contributed by atoms with Gasteiger partial charge in [-0.15, -0.1) is 0 Å². The van der Waals surface area contributed by atoms with E-state index in [1.165, 1.54) is 6.92 Å². The predicted molar refractivity (Wildman–Crippen MR) is 135 cm³/mol. The lowest BCUT2D eigenvalue weighted by molar-refractivity contribution is -0.129. The van der Waals surface area contributed by atoms with Crippen LogP contribution in [0.25, 0.3) is 0 Å². The molecule has 196 valence electrons. The fourth-order valence-corrected chi connectivity index (χ4v) is 6.24. The van der Waals surface area contributed by atoms with Crippen molar-refractivity contribution in [2.75, 3.05) is 55.8 Å². The molecule has 0 radical (unpaired) electrons. The van der Waals surface area contributed by atoms with Crippen molar-refractivity contribution in [2.24, 2.45) is 0 Å². The molecular weight excluding hydrogens is 500 g/mol. The normalized spacial score (nSPS) is 15.1. The Kier molecular flexibility index (Phi) is 6.59. The highest BCUT2D eigenvalue weighted by atomic mass is 32.2. The van der Waals surface area contributed by atoms with E-state index in [1.54, 1.807) is 37.1 Å². The van der Waals surface area contributed by atoms with Crippen molar-refractivity contribution >= 4 is 27.3 Å². The summed E-state index contributed by atoms with van der Waals surface area (Å²) in [6, 6.07) is 12.5. The van der Waals surface area contributed by atoms with Crippen molar-refractivity contribution in [1.82, 2.24) is 10.1 Å². The van der Waals surface area contributed by atoms with Crippen LogP contribution in [0, 0.1) is 13.8 Å². The van der Waals surface area contributed by atoms with Gasteiger partial charge in [0.2, 0.25) is 12.7 Å². The largest absolute Gasteiger partial charge is 0.497 e. The van der Waals surface area contributed by atoms with Crippen molar-refractivity contribution in [1.29, 1.82) is 0 Å². The molecule has 0 unspecified atom stereocenters. The lowest BCUT2D eigenvalue weighted by Crippen LogP contribution is -2.52. The number of nitrogens with zero attached hydrogens (tertiary/aromatic N) is 4. The molecule has 0 spiro atoms. The van der Waals surface area contributed by atoms with E-state index in [0.29, 0.717) is 37.7 Å². The molecule has 0 atom stereocenters. The molecule has 2 aliphatic heterocycles. The molecule has 0 N–H and O–H groups in total. The van der Waals surface area contributed by atoms with Gasteiger partial charge in [-0.1, -0.05) is 5.16 Å². The summed E-state index contributed by atoms with van der Waals surface area (Å²) in [5.74, 6) is 1.56. The molecular formula is C25H28N4O7S. The zero-order chi connectivity index (χ0) is 26.2. The Morgan fingerprint density at radius 2 is 1.73 bits per heavy atom. The molecule has 0 bridgehead atoms. The number of rotatable bonds is 7. The molecule has 0 saturated carbocycles. The summed E-state index contributed by atoms with van der Waals surface area (Å²) in [4.78, 5) is 17.2. The van der Waals surface area contributed by atoms with Crippen LogP contribution in [0.5, 0.6) is 17.2 Å².